The van der Waals surface area contributed by atoms with E-state index < -0.39 is 0 Å². The predicted octanol–water partition coefficient (Wildman–Crippen LogP) is 3.36. The summed E-state index contributed by atoms with van der Waals surface area (Å²) in [7, 11) is 0. The summed E-state index contributed by atoms with van der Waals surface area (Å²) in [6.07, 6.45) is 7.59. The standard InChI is InChI=1S/C15H21N/c1-15(2,3)14-10-6-4-8-12(10)16-13-9-5-7-11(13)14/h4-9H2,1-3H3. The maximum Gasteiger partial charge on any atom is 0.0442 e. The highest BCUT2D eigenvalue weighted by Gasteiger charge is 2.30. The number of nitrogens with zero attached hydrogens (tertiary/aromatic N) is 1. The van der Waals surface area contributed by atoms with E-state index in [2.05, 4.69) is 20.8 Å². The Bertz CT molecular complexity index is 405. The molecule has 16 heavy (non-hydrogen) atoms. The highest BCUT2D eigenvalue weighted by Crippen LogP contribution is 2.39. The third-order valence-electron chi connectivity index (χ3n) is 4.00. The molecule has 3 rings (SSSR count). The highest BCUT2D eigenvalue weighted by atomic mass is 14.7. The molecule has 0 spiro atoms. The fourth-order valence-corrected chi connectivity index (χ4v) is 3.49. The molecule has 0 unspecified atom stereocenters. The largest absolute Gasteiger partial charge is 0.257 e. The molecule has 1 nitrogen and oxygen atoms in total. The molecular formula is C15H21N. The van der Waals surface area contributed by atoms with Crippen LogP contribution < -0.4 is 0 Å². The Hall–Kier alpha value is -0.850. The van der Waals surface area contributed by atoms with Crippen molar-refractivity contribution in [3.8, 4) is 0 Å². The van der Waals surface area contributed by atoms with Crippen LogP contribution in [0, 0.1) is 0 Å². The zero-order chi connectivity index (χ0) is 11.3. The van der Waals surface area contributed by atoms with Crippen LogP contribution in [0.2, 0.25) is 0 Å². The van der Waals surface area contributed by atoms with Crippen molar-refractivity contribution in [2.24, 2.45) is 0 Å². The molecule has 1 heteroatoms. The topological polar surface area (TPSA) is 12.9 Å². The summed E-state index contributed by atoms with van der Waals surface area (Å²) >= 11 is 0. The number of pyridine rings is 1. The van der Waals surface area contributed by atoms with Gasteiger partial charge in [-0.15, -0.1) is 0 Å². The maximum atomic E-state index is 4.91. The van der Waals surface area contributed by atoms with Crippen molar-refractivity contribution in [3.63, 3.8) is 0 Å². The molecule has 1 aromatic heterocycles. The fourth-order valence-electron chi connectivity index (χ4n) is 3.49. The van der Waals surface area contributed by atoms with Crippen LogP contribution in [0.15, 0.2) is 0 Å². The number of rotatable bonds is 0. The number of hydrogen-bond donors (Lipinski definition) is 0. The summed E-state index contributed by atoms with van der Waals surface area (Å²) < 4.78 is 0. The van der Waals surface area contributed by atoms with Gasteiger partial charge in [0.2, 0.25) is 0 Å². The molecule has 0 bridgehead atoms. The van der Waals surface area contributed by atoms with Crippen LogP contribution in [0.5, 0.6) is 0 Å². The number of fused-ring (bicyclic) bond motifs is 2. The third-order valence-corrected chi connectivity index (χ3v) is 4.00. The number of aromatic nitrogens is 1. The molecule has 0 amide bonds. The number of hydrogen-bond acceptors (Lipinski definition) is 1. The molecule has 0 N–H and O–H groups in total. The van der Waals surface area contributed by atoms with Gasteiger partial charge in [0.15, 0.2) is 0 Å². The summed E-state index contributed by atoms with van der Waals surface area (Å²) in [6, 6.07) is 0. The Morgan fingerprint density at radius 3 is 1.75 bits per heavy atom. The van der Waals surface area contributed by atoms with Gasteiger partial charge in [0.05, 0.1) is 0 Å². The van der Waals surface area contributed by atoms with Crippen molar-refractivity contribution in [1.82, 2.24) is 4.98 Å². The summed E-state index contributed by atoms with van der Waals surface area (Å²) in [5.41, 5.74) is 8.01. The maximum absolute atomic E-state index is 4.91. The first kappa shape index (κ1) is 10.3. The Morgan fingerprint density at radius 2 is 1.31 bits per heavy atom. The molecule has 1 aromatic rings. The Labute approximate surface area is 98.3 Å². The lowest BCUT2D eigenvalue weighted by Crippen LogP contribution is -2.18. The van der Waals surface area contributed by atoms with E-state index in [1.54, 1.807) is 16.7 Å². The van der Waals surface area contributed by atoms with Crippen LogP contribution in [-0.4, -0.2) is 4.98 Å². The molecular weight excluding hydrogens is 194 g/mol. The summed E-state index contributed by atoms with van der Waals surface area (Å²) in [4.78, 5) is 4.91. The molecule has 2 aliphatic rings. The normalized spacial score (nSPS) is 18.7. The van der Waals surface area contributed by atoms with Crippen LogP contribution in [0.4, 0.5) is 0 Å². The van der Waals surface area contributed by atoms with Gasteiger partial charge in [-0.05, 0) is 60.6 Å². The summed E-state index contributed by atoms with van der Waals surface area (Å²) in [5.74, 6) is 0. The monoisotopic (exact) mass is 215 g/mol. The van der Waals surface area contributed by atoms with E-state index in [4.69, 9.17) is 4.98 Å². The first-order valence-corrected chi connectivity index (χ1v) is 6.61. The molecule has 0 aliphatic heterocycles. The molecule has 0 radical (unpaired) electrons. The van der Waals surface area contributed by atoms with E-state index >= 15 is 0 Å². The minimum absolute atomic E-state index is 0.297. The quantitative estimate of drug-likeness (QED) is 0.646. The lowest BCUT2D eigenvalue weighted by molar-refractivity contribution is 0.575. The van der Waals surface area contributed by atoms with Gasteiger partial charge in [0.25, 0.3) is 0 Å². The van der Waals surface area contributed by atoms with Crippen molar-refractivity contribution < 1.29 is 0 Å². The van der Waals surface area contributed by atoms with Gasteiger partial charge < -0.3 is 0 Å². The molecule has 0 aromatic carbocycles. The van der Waals surface area contributed by atoms with E-state index in [-0.39, 0.29) is 0 Å². The van der Waals surface area contributed by atoms with Gasteiger partial charge in [0, 0.05) is 11.4 Å². The van der Waals surface area contributed by atoms with Crippen molar-refractivity contribution >= 4 is 0 Å². The Balaban J connectivity index is 2.28. The van der Waals surface area contributed by atoms with Crippen molar-refractivity contribution in [2.75, 3.05) is 0 Å². The van der Waals surface area contributed by atoms with Crippen LogP contribution >= 0.6 is 0 Å². The predicted molar refractivity (Wildman–Crippen MR) is 67.0 cm³/mol. The van der Waals surface area contributed by atoms with Gasteiger partial charge in [-0.2, -0.15) is 0 Å². The van der Waals surface area contributed by atoms with Gasteiger partial charge in [-0.3, -0.25) is 4.98 Å². The minimum atomic E-state index is 0.297. The first-order chi connectivity index (χ1) is 7.57. The van der Waals surface area contributed by atoms with Crippen molar-refractivity contribution in [1.29, 1.82) is 0 Å². The molecule has 0 atom stereocenters. The molecule has 2 aliphatic carbocycles. The lowest BCUT2D eigenvalue weighted by atomic mass is 9.80. The Morgan fingerprint density at radius 1 is 0.812 bits per heavy atom. The first-order valence-electron chi connectivity index (χ1n) is 6.61. The van der Waals surface area contributed by atoms with Gasteiger partial charge in [0.1, 0.15) is 0 Å². The van der Waals surface area contributed by atoms with Crippen LogP contribution in [0.1, 0.15) is 61.7 Å². The van der Waals surface area contributed by atoms with Crippen molar-refractivity contribution in [3.05, 3.63) is 28.1 Å². The average Bonchev–Trinajstić information content (AvgIpc) is 2.77. The summed E-state index contributed by atoms with van der Waals surface area (Å²) in [5, 5.41) is 0. The zero-order valence-electron chi connectivity index (χ0n) is 10.7. The van der Waals surface area contributed by atoms with E-state index in [0.29, 0.717) is 5.41 Å². The molecule has 0 fully saturated rings. The second kappa shape index (κ2) is 3.32. The van der Waals surface area contributed by atoms with Gasteiger partial charge >= 0.3 is 0 Å². The smallest absolute Gasteiger partial charge is 0.0442 e. The minimum Gasteiger partial charge on any atom is -0.257 e. The van der Waals surface area contributed by atoms with Crippen LogP contribution in [-0.2, 0) is 31.1 Å². The highest BCUT2D eigenvalue weighted by molar-refractivity contribution is 5.48. The van der Waals surface area contributed by atoms with Crippen molar-refractivity contribution in [2.45, 2.75) is 64.7 Å². The summed E-state index contributed by atoms with van der Waals surface area (Å²) in [6.45, 7) is 7.08. The number of aryl methyl sites for hydroxylation is 2. The molecule has 0 saturated heterocycles. The average molecular weight is 215 g/mol. The van der Waals surface area contributed by atoms with E-state index in [1.165, 1.54) is 49.9 Å². The van der Waals surface area contributed by atoms with Gasteiger partial charge in [-0.25, -0.2) is 0 Å². The van der Waals surface area contributed by atoms with Crippen LogP contribution in [0.3, 0.4) is 0 Å². The third kappa shape index (κ3) is 1.41. The Kier molecular flexibility index (Phi) is 2.14. The van der Waals surface area contributed by atoms with Crippen LogP contribution in [0.25, 0.3) is 0 Å². The molecule has 86 valence electrons. The van der Waals surface area contributed by atoms with E-state index in [0.717, 1.165) is 0 Å². The zero-order valence-corrected chi connectivity index (χ0v) is 10.7. The van der Waals surface area contributed by atoms with E-state index in [9.17, 15) is 0 Å². The van der Waals surface area contributed by atoms with E-state index in [1.807, 2.05) is 0 Å². The lowest BCUT2D eigenvalue weighted by Gasteiger charge is -2.26. The second-order valence-electron chi connectivity index (χ2n) is 6.29. The van der Waals surface area contributed by atoms with Gasteiger partial charge in [-0.1, -0.05) is 20.8 Å². The fraction of sp³-hybridized carbons (Fsp3) is 0.667. The SMILES string of the molecule is CC(C)(C)c1c2c(nc3c1CCC3)CCC2. The molecule has 0 saturated carbocycles. The second-order valence-corrected chi connectivity index (χ2v) is 6.29. The molecule has 1 heterocycles.